The van der Waals surface area contributed by atoms with Gasteiger partial charge < -0.3 is 9.67 Å². The first-order valence-electron chi connectivity index (χ1n) is 8.43. The number of carbonyl (C=O) groups is 1. The Bertz CT molecular complexity index is 1090. The summed E-state index contributed by atoms with van der Waals surface area (Å²) < 4.78 is 62.7. The molecule has 0 aromatic carbocycles. The molecule has 4 heterocycles. The number of aromatic nitrogens is 4. The maximum Gasteiger partial charge on any atom is 0.490 e. The standard InChI is InChI=1S/C14H15N5O2S2.C2HF3O2/c20-23(21,14-3-1-8-22-14)19-7-6-17-9-12(16-13(17)11-19)10-18-5-2-4-15-18;3-2(4,5)1(6)7/h1-5,8-9H,6-7,10-11H2;(H,6,7). The van der Waals surface area contributed by atoms with Gasteiger partial charge in [-0.2, -0.15) is 22.6 Å². The molecule has 0 saturated carbocycles. The van der Waals surface area contributed by atoms with Gasteiger partial charge in [-0.05, 0) is 17.5 Å². The second-order valence-corrected chi connectivity index (χ2v) is 9.23. The van der Waals surface area contributed by atoms with E-state index in [1.54, 1.807) is 28.4 Å². The van der Waals surface area contributed by atoms with Crippen molar-refractivity contribution in [2.24, 2.45) is 0 Å². The van der Waals surface area contributed by atoms with E-state index in [0.29, 0.717) is 30.4 Å². The smallest absolute Gasteiger partial charge is 0.475 e. The van der Waals surface area contributed by atoms with E-state index in [9.17, 15) is 21.6 Å². The van der Waals surface area contributed by atoms with Crippen molar-refractivity contribution in [3.05, 3.63) is 53.7 Å². The molecule has 0 amide bonds. The van der Waals surface area contributed by atoms with Crippen LogP contribution in [0.5, 0.6) is 0 Å². The third-order valence-electron chi connectivity index (χ3n) is 4.03. The Balaban J connectivity index is 0.000000318. The first-order valence-corrected chi connectivity index (χ1v) is 10.8. The minimum absolute atomic E-state index is 0.305. The topological polar surface area (TPSA) is 110 Å². The van der Waals surface area contributed by atoms with E-state index in [1.807, 2.05) is 23.0 Å². The number of fused-ring (bicyclic) bond motifs is 1. The van der Waals surface area contributed by atoms with Gasteiger partial charge in [0, 0.05) is 31.7 Å². The Morgan fingerprint density at radius 1 is 1.27 bits per heavy atom. The van der Waals surface area contributed by atoms with Gasteiger partial charge in [0.15, 0.2) is 0 Å². The fourth-order valence-electron chi connectivity index (χ4n) is 2.67. The Morgan fingerprint density at radius 2 is 2.00 bits per heavy atom. The number of hydrogen-bond acceptors (Lipinski definition) is 6. The van der Waals surface area contributed by atoms with Gasteiger partial charge in [-0.25, -0.2) is 18.2 Å². The zero-order valence-electron chi connectivity index (χ0n) is 15.2. The molecule has 3 aromatic rings. The van der Waals surface area contributed by atoms with E-state index in [1.165, 1.54) is 15.6 Å². The number of hydrogen-bond donors (Lipinski definition) is 1. The molecule has 0 bridgehead atoms. The number of halogens is 3. The lowest BCUT2D eigenvalue weighted by atomic mass is 10.4. The number of sulfonamides is 1. The molecule has 0 atom stereocenters. The molecule has 0 radical (unpaired) electrons. The van der Waals surface area contributed by atoms with Crippen LogP contribution in [-0.2, 0) is 34.5 Å². The van der Waals surface area contributed by atoms with Gasteiger partial charge in [0.2, 0.25) is 0 Å². The summed E-state index contributed by atoms with van der Waals surface area (Å²) in [4.78, 5) is 13.5. The van der Waals surface area contributed by atoms with Crippen molar-refractivity contribution in [2.75, 3.05) is 6.54 Å². The third kappa shape index (κ3) is 5.06. The highest BCUT2D eigenvalue weighted by Crippen LogP contribution is 2.24. The van der Waals surface area contributed by atoms with Gasteiger partial charge in [-0.1, -0.05) is 6.07 Å². The zero-order chi connectivity index (χ0) is 21.9. The molecular formula is C16H16F3N5O4S2. The minimum atomic E-state index is -5.08. The molecule has 162 valence electrons. The first kappa shape index (κ1) is 22.0. The molecule has 4 rings (SSSR count). The van der Waals surface area contributed by atoms with Crippen LogP contribution in [0.1, 0.15) is 11.5 Å². The summed E-state index contributed by atoms with van der Waals surface area (Å²) in [5.41, 5.74) is 0.888. The van der Waals surface area contributed by atoms with Gasteiger partial charge in [-0.3, -0.25) is 4.68 Å². The van der Waals surface area contributed by atoms with Crippen molar-refractivity contribution in [1.29, 1.82) is 0 Å². The summed E-state index contributed by atoms with van der Waals surface area (Å²) in [6.07, 6.45) is 0.503. The summed E-state index contributed by atoms with van der Waals surface area (Å²) in [7, 11) is -3.42. The Hall–Kier alpha value is -2.71. The van der Waals surface area contributed by atoms with Gasteiger partial charge in [0.25, 0.3) is 10.0 Å². The highest BCUT2D eigenvalue weighted by molar-refractivity contribution is 7.91. The molecule has 3 aromatic heterocycles. The van der Waals surface area contributed by atoms with Crippen LogP contribution >= 0.6 is 11.3 Å². The van der Waals surface area contributed by atoms with Crippen LogP contribution in [0.3, 0.4) is 0 Å². The zero-order valence-corrected chi connectivity index (χ0v) is 16.9. The van der Waals surface area contributed by atoms with Crippen molar-refractivity contribution >= 4 is 27.3 Å². The lowest BCUT2D eigenvalue weighted by Crippen LogP contribution is -2.37. The van der Waals surface area contributed by atoms with E-state index in [4.69, 9.17) is 9.90 Å². The van der Waals surface area contributed by atoms with Crippen molar-refractivity contribution in [3.8, 4) is 0 Å². The van der Waals surface area contributed by atoms with E-state index in [2.05, 4.69) is 10.1 Å². The van der Waals surface area contributed by atoms with Crippen LogP contribution in [0.4, 0.5) is 13.2 Å². The molecule has 9 nitrogen and oxygen atoms in total. The van der Waals surface area contributed by atoms with Crippen LogP contribution in [-0.4, -0.2) is 55.9 Å². The van der Waals surface area contributed by atoms with Gasteiger partial charge in [0.05, 0.1) is 18.8 Å². The summed E-state index contributed by atoms with van der Waals surface area (Å²) in [6, 6.07) is 5.26. The van der Waals surface area contributed by atoms with Crippen LogP contribution in [0.25, 0.3) is 0 Å². The maximum atomic E-state index is 12.6. The van der Waals surface area contributed by atoms with Crippen LogP contribution in [0, 0.1) is 0 Å². The fourth-order valence-corrected chi connectivity index (χ4v) is 5.20. The molecule has 0 aliphatic carbocycles. The SMILES string of the molecule is O=C(O)C(F)(F)F.O=S(=O)(c1cccs1)N1CCn2cc(Cn3cccn3)nc2C1. The molecule has 1 aliphatic heterocycles. The molecule has 0 fully saturated rings. The number of thiophene rings is 1. The highest BCUT2D eigenvalue weighted by atomic mass is 32.2. The lowest BCUT2D eigenvalue weighted by molar-refractivity contribution is -0.192. The van der Waals surface area contributed by atoms with Crippen molar-refractivity contribution in [2.45, 2.75) is 30.0 Å². The average Bonchev–Trinajstić information content (AvgIpc) is 3.42. The van der Waals surface area contributed by atoms with Crippen LogP contribution in [0.2, 0.25) is 0 Å². The van der Waals surface area contributed by atoms with Crippen molar-refractivity contribution in [3.63, 3.8) is 0 Å². The molecule has 0 spiro atoms. The summed E-state index contributed by atoms with van der Waals surface area (Å²) in [6.45, 7) is 1.97. The Labute approximate surface area is 173 Å². The minimum Gasteiger partial charge on any atom is -0.475 e. The van der Waals surface area contributed by atoms with Crippen LogP contribution in [0.15, 0.2) is 46.4 Å². The molecule has 1 N–H and O–H groups in total. The highest BCUT2D eigenvalue weighted by Gasteiger charge is 2.38. The maximum absolute atomic E-state index is 12.6. The monoisotopic (exact) mass is 463 g/mol. The second kappa shape index (κ2) is 8.57. The van der Waals surface area contributed by atoms with Crippen LogP contribution < -0.4 is 0 Å². The molecule has 14 heteroatoms. The fraction of sp³-hybridized carbons (Fsp3) is 0.312. The second-order valence-electron chi connectivity index (χ2n) is 6.12. The molecule has 30 heavy (non-hydrogen) atoms. The van der Waals surface area contributed by atoms with E-state index >= 15 is 0 Å². The average molecular weight is 463 g/mol. The summed E-state index contributed by atoms with van der Waals surface area (Å²) in [5.74, 6) is -1.98. The van der Waals surface area contributed by atoms with Gasteiger partial charge in [-0.15, -0.1) is 11.3 Å². The predicted molar refractivity (Wildman–Crippen MR) is 99.2 cm³/mol. The molecular weight excluding hydrogens is 447 g/mol. The molecule has 1 aliphatic rings. The number of aliphatic carboxylic acids is 1. The van der Waals surface area contributed by atoms with E-state index in [0.717, 1.165) is 11.5 Å². The normalized spacial score (nSPS) is 14.6. The summed E-state index contributed by atoms with van der Waals surface area (Å²) in [5, 5.41) is 13.1. The Morgan fingerprint density at radius 3 is 2.57 bits per heavy atom. The first-order chi connectivity index (χ1) is 14.1. The number of alkyl halides is 3. The van der Waals surface area contributed by atoms with E-state index < -0.39 is 22.2 Å². The van der Waals surface area contributed by atoms with Gasteiger partial charge in [0.1, 0.15) is 10.0 Å². The molecule has 0 unspecified atom stereocenters. The largest absolute Gasteiger partial charge is 0.490 e. The number of carboxylic acid groups (broad SMARTS) is 1. The number of nitrogens with zero attached hydrogens (tertiary/aromatic N) is 5. The number of rotatable bonds is 4. The predicted octanol–water partition coefficient (Wildman–Crippen LogP) is 2.03. The van der Waals surface area contributed by atoms with Gasteiger partial charge >= 0.3 is 12.1 Å². The Kier molecular flexibility index (Phi) is 6.28. The van der Waals surface area contributed by atoms with Crippen molar-refractivity contribution in [1.82, 2.24) is 23.6 Å². The molecule has 0 saturated heterocycles. The number of carboxylic acids is 1. The van der Waals surface area contributed by atoms with Crippen molar-refractivity contribution < 1.29 is 31.5 Å². The lowest BCUT2D eigenvalue weighted by Gasteiger charge is -2.26. The number of imidazole rings is 1. The third-order valence-corrected chi connectivity index (χ3v) is 7.25. The summed E-state index contributed by atoms with van der Waals surface area (Å²) >= 11 is 1.24. The quantitative estimate of drug-likeness (QED) is 0.634. The van der Waals surface area contributed by atoms with E-state index in [-0.39, 0.29) is 0 Å².